The molecule has 26 heavy (non-hydrogen) atoms. The second kappa shape index (κ2) is 8.92. The van der Waals surface area contributed by atoms with E-state index in [0.29, 0.717) is 31.0 Å². The van der Waals surface area contributed by atoms with Gasteiger partial charge in [-0.05, 0) is 42.7 Å². The van der Waals surface area contributed by atoms with Crippen molar-refractivity contribution < 1.29 is 14.3 Å². The number of carbonyl (C=O) groups excluding carboxylic acids is 2. The van der Waals surface area contributed by atoms with E-state index in [4.69, 9.17) is 4.74 Å². The zero-order valence-corrected chi connectivity index (χ0v) is 14.4. The molecule has 0 saturated carbocycles. The summed E-state index contributed by atoms with van der Waals surface area (Å²) in [6.45, 7) is 1.76. The van der Waals surface area contributed by atoms with Crippen LogP contribution in [-0.4, -0.2) is 30.0 Å². The third-order valence-electron chi connectivity index (χ3n) is 4.05. The largest absolute Gasteiger partial charge is 0.381 e. The summed E-state index contributed by atoms with van der Waals surface area (Å²) in [4.78, 5) is 28.1. The number of hydrogen-bond acceptors (Lipinski definition) is 4. The van der Waals surface area contributed by atoms with Gasteiger partial charge in [0, 0.05) is 30.7 Å². The lowest BCUT2D eigenvalue weighted by molar-refractivity contribution is -0.116. The topological polar surface area (TPSA) is 80.3 Å². The summed E-state index contributed by atoms with van der Waals surface area (Å²) < 4.78 is 5.28. The van der Waals surface area contributed by atoms with Gasteiger partial charge in [-0.2, -0.15) is 0 Å². The van der Waals surface area contributed by atoms with Crippen LogP contribution in [0.3, 0.4) is 0 Å². The Kier molecular flexibility index (Phi) is 6.11. The fourth-order valence-corrected chi connectivity index (χ4v) is 2.66. The van der Waals surface area contributed by atoms with Crippen molar-refractivity contribution in [1.29, 1.82) is 0 Å². The van der Waals surface area contributed by atoms with Gasteiger partial charge >= 0.3 is 0 Å². The molecule has 0 bridgehead atoms. The first-order valence-electron chi connectivity index (χ1n) is 8.56. The van der Waals surface area contributed by atoms with Gasteiger partial charge in [0.05, 0.1) is 18.8 Å². The SMILES string of the molecule is O=C(C=C1CCOCC1)NCc1cccc(NC(=O)c2cccnc2)c1. The Hall–Kier alpha value is -2.99. The van der Waals surface area contributed by atoms with E-state index in [1.165, 1.54) is 6.20 Å². The highest BCUT2D eigenvalue weighted by atomic mass is 16.5. The fraction of sp³-hybridized carbons (Fsp3) is 0.250. The molecule has 134 valence electrons. The van der Waals surface area contributed by atoms with Crippen LogP contribution >= 0.6 is 0 Å². The van der Waals surface area contributed by atoms with Crippen LogP contribution in [0.2, 0.25) is 0 Å². The normalized spacial score (nSPS) is 13.8. The third-order valence-corrected chi connectivity index (χ3v) is 4.05. The molecule has 1 aliphatic rings. The van der Waals surface area contributed by atoms with Gasteiger partial charge in [0.15, 0.2) is 0 Å². The van der Waals surface area contributed by atoms with Crippen molar-refractivity contribution in [3.8, 4) is 0 Å². The van der Waals surface area contributed by atoms with Crippen LogP contribution in [0.4, 0.5) is 5.69 Å². The summed E-state index contributed by atoms with van der Waals surface area (Å²) in [7, 11) is 0. The molecule has 2 N–H and O–H groups in total. The van der Waals surface area contributed by atoms with Crippen LogP contribution in [0.25, 0.3) is 0 Å². The van der Waals surface area contributed by atoms with Gasteiger partial charge in [-0.3, -0.25) is 14.6 Å². The minimum Gasteiger partial charge on any atom is -0.381 e. The lowest BCUT2D eigenvalue weighted by Crippen LogP contribution is -2.22. The van der Waals surface area contributed by atoms with Crippen molar-refractivity contribution in [3.05, 3.63) is 71.6 Å². The molecule has 1 aromatic carbocycles. The maximum absolute atomic E-state index is 12.2. The van der Waals surface area contributed by atoms with Gasteiger partial charge in [-0.1, -0.05) is 17.7 Å². The van der Waals surface area contributed by atoms with Crippen LogP contribution in [-0.2, 0) is 16.1 Å². The molecule has 1 fully saturated rings. The van der Waals surface area contributed by atoms with Crippen molar-refractivity contribution >= 4 is 17.5 Å². The summed E-state index contributed by atoms with van der Waals surface area (Å²) in [6, 6.07) is 10.8. The second-order valence-electron chi connectivity index (χ2n) is 6.03. The number of ether oxygens (including phenoxy) is 1. The van der Waals surface area contributed by atoms with Crippen LogP contribution < -0.4 is 10.6 Å². The van der Waals surface area contributed by atoms with Crippen molar-refractivity contribution in [2.24, 2.45) is 0 Å². The molecule has 0 unspecified atom stereocenters. The lowest BCUT2D eigenvalue weighted by atomic mass is 10.1. The first-order chi connectivity index (χ1) is 12.7. The average Bonchev–Trinajstić information content (AvgIpc) is 2.68. The molecule has 6 nitrogen and oxygen atoms in total. The number of anilines is 1. The van der Waals surface area contributed by atoms with Gasteiger partial charge < -0.3 is 15.4 Å². The number of nitrogens with zero attached hydrogens (tertiary/aromatic N) is 1. The number of hydrogen-bond donors (Lipinski definition) is 2. The molecule has 2 aromatic rings. The van der Waals surface area contributed by atoms with Crippen LogP contribution in [0.5, 0.6) is 0 Å². The molecule has 1 saturated heterocycles. The fourth-order valence-electron chi connectivity index (χ4n) is 2.66. The molecule has 0 radical (unpaired) electrons. The van der Waals surface area contributed by atoms with E-state index in [2.05, 4.69) is 15.6 Å². The molecular formula is C20H21N3O3. The number of carbonyl (C=O) groups is 2. The Labute approximate surface area is 152 Å². The summed E-state index contributed by atoms with van der Waals surface area (Å²) >= 11 is 0. The molecule has 0 atom stereocenters. The van der Waals surface area contributed by atoms with Crippen LogP contribution in [0, 0.1) is 0 Å². The molecule has 1 aliphatic heterocycles. The highest BCUT2D eigenvalue weighted by Crippen LogP contribution is 2.14. The lowest BCUT2D eigenvalue weighted by Gasteiger charge is -2.14. The third kappa shape index (κ3) is 5.26. The number of aromatic nitrogens is 1. The molecule has 2 amide bonds. The van der Waals surface area contributed by atoms with E-state index in [1.54, 1.807) is 24.4 Å². The summed E-state index contributed by atoms with van der Waals surface area (Å²) in [5, 5.41) is 5.71. The molecule has 2 heterocycles. The van der Waals surface area contributed by atoms with E-state index in [0.717, 1.165) is 24.0 Å². The Balaban J connectivity index is 1.55. The monoisotopic (exact) mass is 351 g/mol. The zero-order chi connectivity index (χ0) is 18.2. The molecule has 6 heteroatoms. The van der Waals surface area contributed by atoms with E-state index in [1.807, 2.05) is 24.3 Å². The van der Waals surface area contributed by atoms with Gasteiger partial charge in [0.25, 0.3) is 5.91 Å². The average molecular weight is 351 g/mol. The summed E-state index contributed by atoms with van der Waals surface area (Å²) in [5.41, 5.74) is 3.20. The molecular weight excluding hydrogens is 330 g/mol. The molecule has 1 aromatic heterocycles. The number of rotatable bonds is 5. The number of nitrogens with one attached hydrogen (secondary N) is 2. The summed E-state index contributed by atoms with van der Waals surface area (Å²) in [6.07, 6.45) is 6.42. The summed E-state index contributed by atoms with van der Waals surface area (Å²) in [5.74, 6) is -0.324. The standard InChI is InChI=1S/C20H21N3O3/c24-19(12-15-6-9-26-10-7-15)22-13-16-3-1-5-18(11-16)23-20(25)17-4-2-8-21-14-17/h1-5,8,11-12,14H,6-7,9-10,13H2,(H,22,24)(H,23,25). The Bertz CT molecular complexity index is 795. The highest BCUT2D eigenvalue weighted by Gasteiger charge is 2.08. The van der Waals surface area contributed by atoms with Gasteiger partial charge in [-0.25, -0.2) is 0 Å². The van der Waals surface area contributed by atoms with Gasteiger partial charge in [0.2, 0.25) is 5.91 Å². The van der Waals surface area contributed by atoms with E-state index in [9.17, 15) is 9.59 Å². The smallest absolute Gasteiger partial charge is 0.257 e. The quantitative estimate of drug-likeness (QED) is 0.812. The number of pyridine rings is 1. The first-order valence-corrected chi connectivity index (χ1v) is 8.56. The van der Waals surface area contributed by atoms with Crippen molar-refractivity contribution in [2.75, 3.05) is 18.5 Å². The van der Waals surface area contributed by atoms with Crippen molar-refractivity contribution in [2.45, 2.75) is 19.4 Å². The second-order valence-corrected chi connectivity index (χ2v) is 6.03. The Morgan fingerprint density at radius 2 is 2.00 bits per heavy atom. The van der Waals surface area contributed by atoms with Gasteiger partial charge in [0.1, 0.15) is 0 Å². The Morgan fingerprint density at radius 3 is 2.77 bits per heavy atom. The predicted octanol–water partition coefficient (Wildman–Crippen LogP) is 2.69. The Morgan fingerprint density at radius 1 is 1.15 bits per heavy atom. The maximum atomic E-state index is 12.2. The molecule has 0 spiro atoms. The zero-order valence-electron chi connectivity index (χ0n) is 14.4. The minimum absolute atomic E-state index is 0.105. The predicted molar refractivity (Wildman–Crippen MR) is 98.6 cm³/mol. The van der Waals surface area contributed by atoms with E-state index < -0.39 is 0 Å². The maximum Gasteiger partial charge on any atom is 0.257 e. The number of benzene rings is 1. The van der Waals surface area contributed by atoms with Crippen LogP contribution in [0.1, 0.15) is 28.8 Å². The van der Waals surface area contributed by atoms with E-state index in [-0.39, 0.29) is 11.8 Å². The molecule has 0 aliphatic carbocycles. The van der Waals surface area contributed by atoms with E-state index >= 15 is 0 Å². The minimum atomic E-state index is -0.219. The molecule has 3 rings (SSSR count). The highest BCUT2D eigenvalue weighted by molar-refractivity contribution is 6.04. The van der Waals surface area contributed by atoms with Crippen molar-refractivity contribution in [3.63, 3.8) is 0 Å². The van der Waals surface area contributed by atoms with Crippen LogP contribution in [0.15, 0.2) is 60.4 Å². The number of amides is 2. The van der Waals surface area contributed by atoms with Gasteiger partial charge in [-0.15, -0.1) is 0 Å². The first kappa shape index (κ1) is 17.8. The van der Waals surface area contributed by atoms with Crippen molar-refractivity contribution in [1.82, 2.24) is 10.3 Å².